The number of nitrogens with one attached hydrogen (secondary N) is 1. The summed E-state index contributed by atoms with van der Waals surface area (Å²) in [5, 5.41) is 14.0. The van der Waals surface area contributed by atoms with Gasteiger partial charge in [-0.25, -0.2) is 4.99 Å². The minimum Gasteiger partial charge on any atom is -0.456 e. The first-order chi connectivity index (χ1) is 14.9. The highest BCUT2D eigenvalue weighted by atomic mass is 16.5. The molecule has 0 unspecified atom stereocenters. The number of amidine groups is 1. The van der Waals surface area contributed by atoms with E-state index in [4.69, 9.17) is 9.73 Å². The molecule has 1 aliphatic heterocycles. The predicted octanol–water partition coefficient (Wildman–Crippen LogP) is 5.44. The van der Waals surface area contributed by atoms with E-state index in [0.717, 1.165) is 49.1 Å². The third-order valence-electron chi connectivity index (χ3n) is 11.6. The molecule has 1 heterocycles. The van der Waals surface area contributed by atoms with Gasteiger partial charge in [0.2, 0.25) is 0 Å². The Morgan fingerprint density at radius 3 is 2.55 bits per heavy atom. The van der Waals surface area contributed by atoms with Crippen LogP contribution >= 0.6 is 0 Å². The Hall–Kier alpha value is -0.770. The molecule has 4 heteroatoms. The maximum atomic E-state index is 10.3. The summed E-state index contributed by atoms with van der Waals surface area (Å²) in [6, 6.07) is 1.44. The number of nitrogens with zero attached hydrogens (tertiary/aromatic N) is 1. The third-order valence-corrected chi connectivity index (χ3v) is 11.6. The van der Waals surface area contributed by atoms with E-state index in [1.807, 2.05) is 0 Å². The highest BCUT2D eigenvalue weighted by Gasteiger charge is 2.67. The van der Waals surface area contributed by atoms with Crippen molar-refractivity contribution in [1.82, 2.24) is 5.32 Å². The molecule has 6 rings (SSSR count). The Bertz CT molecular complexity index is 733. The van der Waals surface area contributed by atoms with Crippen molar-refractivity contribution in [2.75, 3.05) is 6.54 Å². The minimum absolute atomic E-state index is 0.0441. The van der Waals surface area contributed by atoms with Crippen molar-refractivity contribution < 1.29 is 9.84 Å². The Labute approximate surface area is 189 Å². The van der Waals surface area contributed by atoms with Gasteiger partial charge in [-0.2, -0.15) is 0 Å². The summed E-state index contributed by atoms with van der Waals surface area (Å²) in [4.78, 5) is 4.95. The zero-order valence-corrected chi connectivity index (χ0v) is 19.9. The molecule has 1 spiro atoms. The average molecular weight is 429 g/mol. The van der Waals surface area contributed by atoms with E-state index in [2.05, 4.69) is 19.2 Å². The van der Waals surface area contributed by atoms with E-state index in [9.17, 15) is 5.11 Å². The van der Waals surface area contributed by atoms with Crippen molar-refractivity contribution in [2.45, 2.75) is 121 Å². The number of hydrogen-bond donors (Lipinski definition) is 2. The van der Waals surface area contributed by atoms with Crippen molar-refractivity contribution in [1.29, 1.82) is 0 Å². The van der Waals surface area contributed by atoms with E-state index in [1.54, 1.807) is 0 Å². The number of aliphatic hydroxyl groups excluding tert-OH is 1. The van der Waals surface area contributed by atoms with Crippen molar-refractivity contribution in [3.05, 3.63) is 0 Å². The molecule has 2 N–H and O–H groups in total. The van der Waals surface area contributed by atoms with Crippen LogP contribution in [0.1, 0.15) is 104 Å². The van der Waals surface area contributed by atoms with E-state index >= 15 is 0 Å². The van der Waals surface area contributed by atoms with E-state index in [1.165, 1.54) is 77.0 Å². The molecule has 0 aromatic rings. The Balaban J connectivity index is 1.19. The highest BCUT2D eigenvalue weighted by Crippen LogP contribution is 2.69. The van der Waals surface area contributed by atoms with Crippen LogP contribution in [-0.4, -0.2) is 35.4 Å². The van der Waals surface area contributed by atoms with Crippen LogP contribution in [0.25, 0.3) is 0 Å². The van der Waals surface area contributed by atoms with Gasteiger partial charge in [0, 0.05) is 11.5 Å². The fourth-order valence-electron chi connectivity index (χ4n) is 9.70. The molecule has 0 aromatic heterocycles. The summed E-state index contributed by atoms with van der Waals surface area (Å²) < 4.78 is 6.82. The largest absolute Gasteiger partial charge is 0.456 e. The van der Waals surface area contributed by atoms with Crippen LogP contribution in [0.5, 0.6) is 0 Å². The summed E-state index contributed by atoms with van der Waals surface area (Å²) >= 11 is 0. The number of ether oxygens (including phenoxy) is 1. The molecule has 0 saturated heterocycles. The molecule has 5 fully saturated rings. The second kappa shape index (κ2) is 7.37. The maximum Gasteiger partial charge on any atom is 0.285 e. The first-order valence-electron chi connectivity index (χ1n) is 13.6. The van der Waals surface area contributed by atoms with Gasteiger partial charge in [0.15, 0.2) is 0 Å². The lowest BCUT2D eigenvalue weighted by molar-refractivity contribution is -0.148. The standard InChI is InChI=1S/C27H44N2O2/c1-25-13-10-20(30)16-18(25)8-9-21-22(25)11-14-26(2)23(21)12-15-27(26)17-28-24(31-27)29-19-6-4-3-5-7-19/h18-23,30H,3-17H2,1-2H3,(H,28,29)/t18-,20-,21+,22-,23-,25-,26-,27+/m0/s1. The van der Waals surface area contributed by atoms with E-state index in [0.29, 0.717) is 11.5 Å². The lowest BCUT2D eigenvalue weighted by Crippen LogP contribution is -2.58. The molecule has 0 aromatic carbocycles. The van der Waals surface area contributed by atoms with Gasteiger partial charge in [-0.15, -0.1) is 0 Å². The van der Waals surface area contributed by atoms with Crippen LogP contribution < -0.4 is 5.32 Å². The van der Waals surface area contributed by atoms with Gasteiger partial charge >= 0.3 is 0 Å². The van der Waals surface area contributed by atoms with Crippen LogP contribution in [0, 0.1) is 34.5 Å². The normalized spacial score (nSPS) is 52.1. The molecule has 0 amide bonds. The molecule has 174 valence electrons. The number of rotatable bonds is 1. The molecule has 31 heavy (non-hydrogen) atoms. The molecule has 5 aliphatic carbocycles. The zero-order chi connectivity index (χ0) is 21.3. The lowest BCUT2D eigenvalue weighted by Gasteiger charge is -2.61. The number of fused-ring (bicyclic) bond motifs is 6. The Morgan fingerprint density at radius 1 is 0.903 bits per heavy atom. The smallest absolute Gasteiger partial charge is 0.285 e. The van der Waals surface area contributed by atoms with E-state index in [-0.39, 0.29) is 17.1 Å². The zero-order valence-electron chi connectivity index (χ0n) is 19.9. The second-order valence-corrected chi connectivity index (χ2v) is 12.8. The Kier molecular flexibility index (Phi) is 4.95. The van der Waals surface area contributed by atoms with Crippen LogP contribution in [0.15, 0.2) is 4.99 Å². The molecule has 8 atom stereocenters. The summed E-state index contributed by atoms with van der Waals surface area (Å²) in [5.41, 5.74) is 0.672. The molecule has 5 saturated carbocycles. The number of hydrogen-bond acceptors (Lipinski definition) is 4. The molecule has 4 nitrogen and oxygen atoms in total. The lowest BCUT2D eigenvalue weighted by atomic mass is 9.44. The van der Waals surface area contributed by atoms with Crippen molar-refractivity contribution in [3.8, 4) is 0 Å². The monoisotopic (exact) mass is 428 g/mol. The molecular formula is C27H44N2O2. The maximum absolute atomic E-state index is 10.3. The molecule has 6 aliphatic rings. The fraction of sp³-hybridized carbons (Fsp3) is 0.963. The van der Waals surface area contributed by atoms with Gasteiger partial charge in [-0.05, 0) is 99.7 Å². The van der Waals surface area contributed by atoms with E-state index < -0.39 is 0 Å². The van der Waals surface area contributed by atoms with Crippen molar-refractivity contribution >= 4 is 6.02 Å². The summed E-state index contributed by atoms with van der Waals surface area (Å²) in [7, 11) is 0. The molecule has 0 bridgehead atoms. The van der Waals surface area contributed by atoms with Crippen molar-refractivity contribution in [3.63, 3.8) is 0 Å². The summed E-state index contributed by atoms with van der Waals surface area (Å²) in [6.45, 7) is 6.03. The molecule has 0 radical (unpaired) electrons. The Morgan fingerprint density at radius 2 is 1.71 bits per heavy atom. The van der Waals surface area contributed by atoms with Gasteiger partial charge in [-0.1, -0.05) is 33.1 Å². The van der Waals surface area contributed by atoms with Crippen molar-refractivity contribution in [2.24, 2.45) is 39.5 Å². The van der Waals surface area contributed by atoms with Crippen LogP contribution in [0.2, 0.25) is 0 Å². The number of aliphatic hydroxyl groups is 1. The predicted molar refractivity (Wildman–Crippen MR) is 124 cm³/mol. The minimum atomic E-state index is -0.0554. The van der Waals surface area contributed by atoms with Gasteiger partial charge in [0.25, 0.3) is 6.02 Å². The van der Waals surface area contributed by atoms with Gasteiger partial charge in [0.05, 0.1) is 12.6 Å². The highest BCUT2D eigenvalue weighted by molar-refractivity contribution is 5.76. The topological polar surface area (TPSA) is 53.9 Å². The fourth-order valence-corrected chi connectivity index (χ4v) is 9.70. The van der Waals surface area contributed by atoms with Gasteiger partial charge in [0.1, 0.15) is 5.60 Å². The molecular weight excluding hydrogens is 384 g/mol. The summed E-state index contributed by atoms with van der Waals surface area (Å²) in [5.74, 6) is 3.25. The summed E-state index contributed by atoms with van der Waals surface area (Å²) in [6.07, 6.45) is 17.8. The SMILES string of the molecule is C[C@]12CC[C@H](O)C[C@@H]1CC[C@@H]1[C@@H]2CC[C@@]2(C)[C@H]1CC[C@@]21CN=C(NC2CCCCC2)O1. The van der Waals surface area contributed by atoms with Gasteiger partial charge in [-0.3, -0.25) is 0 Å². The first kappa shape index (κ1) is 20.8. The second-order valence-electron chi connectivity index (χ2n) is 12.8. The quantitative estimate of drug-likeness (QED) is 0.585. The van der Waals surface area contributed by atoms with Crippen LogP contribution in [0.3, 0.4) is 0 Å². The van der Waals surface area contributed by atoms with Crippen LogP contribution in [-0.2, 0) is 4.74 Å². The van der Waals surface area contributed by atoms with Crippen LogP contribution in [0.4, 0.5) is 0 Å². The third kappa shape index (κ3) is 3.05. The average Bonchev–Trinajstić information content (AvgIpc) is 3.31. The number of aliphatic imine (C=N–C) groups is 1. The van der Waals surface area contributed by atoms with Gasteiger partial charge < -0.3 is 15.2 Å². The first-order valence-corrected chi connectivity index (χ1v) is 13.6.